The lowest BCUT2D eigenvalue weighted by molar-refractivity contribution is 0.427. The van der Waals surface area contributed by atoms with Crippen molar-refractivity contribution in [1.82, 2.24) is 0 Å². The highest BCUT2D eigenvalue weighted by molar-refractivity contribution is 7.17. The molecule has 4 heteroatoms. The second kappa shape index (κ2) is 4.30. The summed E-state index contributed by atoms with van der Waals surface area (Å²) in [7, 11) is 1.58. The Labute approximate surface area is 75.5 Å². The van der Waals surface area contributed by atoms with Crippen molar-refractivity contribution in [2.45, 2.75) is 13.3 Å². The van der Waals surface area contributed by atoms with Crippen LogP contribution in [0.25, 0.3) is 0 Å². The maximum atomic E-state index is 13.1. The maximum Gasteiger partial charge on any atom is 0.175 e. The highest BCUT2D eigenvalue weighted by Gasteiger charge is 2.06. The van der Waals surface area contributed by atoms with Gasteiger partial charge in [0.05, 0.1) is 13.7 Å². The highest BCUT2D eigenvalue weighted by Crippen LogP contribution is 2.31. The van der Waals surface area contributed by atoms with E-state index in [0.717, 1.165) is 16.6 Å². The van der Waals surface area contributed by atoms with Gasteiger partial charge >= 0.3 is 0 Å². The van der Waals surface area contributed by atoms with Gasteiger partial charge in [0.15, 0.2) is 5.06 Å². The molecule has 0 amide bonds. The summed E-state index contributed by atoms with van der Waals surface area (Å²) in [6, 6.07) is 3.49. The van der Waals surface area contributed by atoms with Crippen LogP contribution in [0, 0.1) is 0 Å². The van der Waals surface area contributed by atoms with Crippen LogP contribution in [0.15, 0.2) is 12.1 Å². The smallest absolute Gasteiger partial charge is 0.175 e. The molecule has 0 aliphatic carbocycles. The van der Waals surface area contributed by atoms with Crippen LogP contribution in [-0.4, -0.2) is 13.7 Å². The van der Waals surface area contributed by atoms with E-state index in [2.05, 4.69) is 0 Å². The number of nitrogens with zero attached hydrogens (tertiary/aromatic N) is 1. The van der Waals surface area contributed by atoms with Gasteiger partial charge in [-0.2, -0.15) is 0 Å². The molecule has 1 heterocycles. The Morgan fingerprint density at radius 3 is 2.83 bits per heavy atom. The van der Waals surface area contributed by atoms with Crippen LogP contribution in [0.4, 0.5) is 9.48 Å². The first kappa shape index (κ1) is 9.32. The number of thiophene rings is 1. The molecule has 1 rings (SSSR count). The molecular weight excluding hydrogens is 177 g/mol. The summed E-state index contributed by atoms with van der Waals surface area (Å²) in [6.45, 7) is 2.38. The fourth-order valence-corrected chi connectivity index (χ4v) is 1.61. The average molecular weight is 189 g/mol. The molecule has 0 saturated heterocycles. The number of anilines is 1. The summed E-state index contributed by atoms with van der Waals surface area (Å²) < 4.78 is 18.0. The van der Waals surface area contributed by atoms with E-state index in [4.69, 9.17) is 4.74 Å². The molecule has 0 atom stereocenters. The third kappa shape index (κ3) is 2.11. The number of hydrogen-bond donors (Lipinski definition) is 0. The molecule has 2 nitrogen and oxygen atoms in total. The molecule has 0 aliphatic heterocycles. The first-order valence-corrected chi connectivity index (χ1v) is 4.66. The van der Waals surface area contributed by atoms with Crippen LogP contribution in [0.2, 0.25) is 0 Å². The summed E-state index contributed by atoms with van der Waals surface area (Å²) >= 11 is 1.31. The number of hydrogen-bond acceptors (Lipinski definition) is 3. The fraction of sp³-hybridized carbons (Fsp3) is 0.500. The second-order valence-electron chi connectivity index (χ2n) is 2.38. The quantitative estimate of drug-likeness (QED) is 0.675. The summed E-state index contributed by atoms with van der Waals surface area (Å²) in [4.78, 5) is 0. The van der Waals surface area contributed by atoms with Gasteiger partial charge in [0.25, 0.3) is 0 Å². The molecule has 0 fully saturated rings. The number of ether oxygens (including phenoxy) is 1. The summed E-state index contributed by atoms with van der Waals surface area (Å²) in [5.41, 5.74) is 0. The zero-order valence-electron chi connectivity index (χ0n) is 7.21. The standard InChI is InChI=1S/C8H12FNOS/c1-3-6-10(9)7-4-5-8(11-2)12-7/h4-5H,3,6H2,1-2H3. The number of halogens is 1. The second-order valence-corrected chi connectivity index (χ2v) is 3.41. The molecule has 1 aromatic heterocycles. The SMILES string of the molecule is CCCN(F)c1ccc(OC)s1. The predicted molar refractivity (Wildman–Crippen MR) is 49.6 cm³/mol. The summed E-state index contributed by atoms with van der Waals surface area (Å²) in [6.07, 6.45) is 0.802. The lowest BCUT2D eigenvalue weighted by Gasteiger charge is -2.08. The average Bonchev–Trinajstić information content (AvgIpc) is 2.52. The van der Waals surface area contributed by atoms with Crippen LogP contribution < -0.4 is 9.86 Å². The lowest BCUT2D eigenvalue weighted by atomic mass is 10.5. The third-order valence-electron chi connectivity index (χ3n) is 1.43. The number of rotatable bonds is 4. The minimum Gasteiger partial charge on any atom is -0.487 e. The van der Waals surface area contributed by atoms with Crippen LogP contribution in [0.1, 0.15) is 13.3 Å². The number of methoxy groups -OCH3 is 1. The first-order valence-electron chi connectivity index (χ1n) is 3.85. The molecule has 0 bridgehead atoms. The van der Waals surface area contributed by atoms with E-state index >= 15 is 0 Å². The molecule has 68 valence electrons. The van der Waals surface area contributed by atoms with Crippen molar-refractivity contribution in [3.63, 3.8) is 0 Å². The van der Waals surface area contributed by atoms with Crippen molar-refractivity contribution >= 4 is 16.3 Å². The molecule has 1 aromatic rings. The van der Waals surface area contributed by atoms with Gasteiger partial charge in [-0.25, -0.2) is 5.12 Å². The fourth-order valence-electron chi connectivity index (χ4n) is 0.857. The van der Waals surface area contributed by atoms with E-state index < -0.39 is 0 Å². The van der Waals surface area contributed by atoms with Gasteiger partial charge in [0, 0.05) is 0 Å². The maximum absolute atomic E-state index is 13.1. The minimum atomic E-state index is 0.434. The molecular formula is C8H12FNOS. The van der Waals surface area contributed by atoms with E-state index in [1.807, 2.05) is 6.92 Å². The van der Waals surface area contributed by atoms with Crippen molar-refractivity contribution < 1.29 is 9.22 Å². The zero-order valence-corrected chi connectivity index (χ0v) is 8.03. The van der Waals surface area contributed by atoms with E-state index in [1.165, 1.54) is 11.3 Å². The molecule has 0 aliphatic rings. The van der Waals surface area contributed by atoms with Crippen molar-refractivity contribution in [3.05, 3.63) is 12.1 Å². The molecule has 0 radical (unpaired) electrons. The lowest BCUT2D eigenvalue weighted by Crippen LogP contribution is -2.10. The van der Waals surface area contributed by atoms with Crippen LogP contribution in [0.5, 0.6) is 5.06 Å². The Hall–Kier alpha value is -0.770. The van der Waals surface area contributed by atoms with Crippen molar-refractivity contribution in [3.8, 4) is 5.06 Å². The Balaban J connectivity index is 2.61. The van der Waals surface area contributed by atoms with Gasteiger partial charge in [-0.15, -0.1) is 0 Å². The van der Waals surface area contributed by atoms with Gasteiger partial charge in [-0.05, 0) is 18.6 Å². The van der Waals surface area contributed by atoms with Gasteiger partial charge in [-0.1, -0.05) is 22.7 Å². The zero-order chi connectivity index (χ0) is 8.97. The third-order valence-corrected chi connectivity index (χ3v) is 2.47. The highest BCUT2D eigenvalue weighted by atomic mass is 32.1. The molecule has 0 spiro atoms. The molecule has 12 heavy (non-hydrogen) atoms. The molecule has 0 aromatic carbocycles. The van der Waals surface area contributed by atoms with E-state index in [1.54, 1.807) is 19.2 Å². The molecule has 0 N–H and O–H groups in total. The van der Waals surface area contributed by atoms with Crippen molar-refractivity contribution in [1.29, 1.82) is 0 Å². The first-order chi connectivity index (χ1) is 5.77. The molecule has 0 unspecified atom stereocenters. The summed E-state index contributed by atoms with van der Waals surface area (Å²) in [5, 5.41) is 2.09. The Kier molecular flexibility index (Phi) is 3.34. The van der Waals surface area contributed by atoms with Crippen molar-refractivity contribution in [2.75, 3.05) is 18.8 Å². The normalized spacial score (nSPS) is 9.92. The van der Waals surface area contributed by atoms with Gasteiger partial charge in [-0.3, -0.25) is 0 Å². The largest absolute Gasteiger partial charge is 0.487 e. The van der Waals surface area contributed by atoms with E-state index in [0.29, 0.717) is 11.5 Å². The van der Waals surface area contributed by atoms with Crippen LogP contribution in [-0.2, 0) is 0 Å². The van der Waals surface area contributed by atoms with Crippen LogP contribution >= 0.6 is 11.3 Å². The van der Waals surface area contributed by atoms with E-state index in [9.17, 15) is 4.48 Å². The van der Waals surface area contributed by atoms with Crippen molar-refractivity contribution in [2.24, 2.45) is 0 Å². The minimum absolute atomic E-state index is 0.434. The summed E-state index contributed by atoms with van der Waals surface area (Å²) in [5.74, 6) is 0. The monoisotopic (exact) mass is 189 g/mol. The molecule has 0 saturated carbocycles. The Morgan fingerprint density at radius 1 is 1.58 bits per heavy atom. The predicted octanol–water partition coefficient (Wildman–Crippen LogP) is 2.86. The topological polar surface area (TPSA) is 12.5 Å². The Bertz CT molecular complexity index is 239. The Morgan fingerprint density at radius 2 is 2.33 bits per heavy atom. The van der Waals surface area contributed by atoms with Gasteiger partial charge in [0.1, 0.15) is 5.00 Å². The van der Waals surface area contributed by atoms with Gasteiger partial charge < -0.3 is 4.74 Å². The van der Waals surface area contributed by atoms with Crippen LogP contribution in [0.3, 0.4) is 0 Å². The van der Waals surface area contributed by atoms with E-state index in [-0.39, 0.29) is 0 Å². The van der Waals surface area contributed by atoms with Gasteiger partial charge in [0.2, 0.25) is 0 Å².